The second-order valence-electron chi connectivity index (χ2n) is 8.12. The van der Waals surface area contributed by atoms with Gasteiger partial charge in [-0.3, -0.25) is 0 Å². The molecule has 0 saturated heterocycles. The molecule has 0 heterocycles. The van der Waals surface area contributed by atoms with Gasteiger partial charge in [0.15, 0.2) is 11.5 Å². The lowest BCUT2D eigenvalue weighted by Crippen LogP contribution is -2.26. The Hall–Kier alpha value is -1.78. The molecule has 1 atom stereocenters. The van der Waals surface area contributed by atoms with E-state index in [1.807, 2.05) is 25.7 Å². The summed E-state index contributed by atoms with van der Waals surface area (Å²) in [6, 6.07) is 2.00. The number of hydrogen-bond donors (Lipinski definition) is 0. The van der Waals surface area contributed by atoms with Gasteiger partial charge in [-0.05, 0) is 55.2 Å². The van der Waals surface area contributed by atoms with Crippen molar-refractivity contribution >= 4 is 30.6 Å². The molecule has 0 saturated carbocycles. The Morgan fingerprint density at radius 2 is 1.64 bits per heavy atom. The average molecular weight is 427 g/mol. The van der Waals surface area contributed by atoms with Crippen LogP contribution in [0.1, 0.15) is 36.9 Å². The molecule has 158 valence electrons. The van der Waals surface area contributed by atoms with Gasteiger partial charge in [0.25, 0.3) is 0 Å². The van der Waals surface area contributed by atoms with E-state index >= 15 is 0 Å². The van der Waals surface area contributed by atoms with E-state index in [4.69, 9.17) is 23.7 Å². The molecular formula is C20H34O6Si2. The highest BCUT2D eigenvalue weighted by atomic mass is 28.4. The Morgan fingerprint density at radius 3 is 2.11 bits per heavy atom. The molecule has 0 amide bonds. The molecule has 0 aromatic heterocycles. The zero-order chi connectivity index (χ0) is 21.5. The van der Waals surface area contributed by atoms with Crippen LogP contribution in [0.15, 0.2) is 12.1 Å². The number of carbonyl (C=O) groups excluding carboxylic acids is 1. The zero-order valence-electron chi connectivity index (χ0n) is 18.5. The van der Waals surface area contributed by atoms with Gasteiger partial charge in [-0.1, -0.05) is 13.8 Å². The fraction of sp³-hybridized carbons (Fsp3) is 0.550. The van der Waals surface area contributed by atoms with Crippen molar-refractivity contribution in [3.05, 3.63) is 23.3 Å². The summed E-state index contributed by atoms with van der Waals surface area (Å²) in [5.74, 6) is 1.72. The van der Waals surface area contributed by atoms with Gasteiger partial charge in [-0.15, -0.1) is 0 Å². The summed E-state index contributed by atoms with van der Waals surface area (Å²) in [7, 11) is 3.79. The third-order valence-electron chi connectivity index (χ3n) is 3.99. The van der Waals surface area contributed by atoms with Crippen molar-refractivity contribution in [3.8, 4) is 17.2 Å². The van der Waals surface area contributed by atoms with E-state index in [0.717, 1.165) is 27.8 Å². The van der Waals surface area contributed by atoms with Crippen molar-refractivity contribution in [3.63, 3.8) is 0 Å². The number of rotatable bonds is 10. The average Bonchev–Trinajstić information content (AvgIpc) is 2.61. The summed E-state index contributed by atoms with van der Waals surface area (Å²) in [5.41, 5.74) is 2.17. The molecule has 0 spiro atoms. The Balaban J connectivity index is 3.32. The first-order valence-corrected chi connectivity index (χ1v) is 14.0. The van der Waals surface area contributed by atoms with Gasteiger partial charge in [-0.2, -0.15) is 0 Å². The van der Waals surface area contributed by atoms with Crippen molar-refractivity contribution in [2.75, 3.05) is 21.3 Å². The van der Waals surface area contributed by atoms with Crippen LogP contribution < -0.4 is 14.2 Å². The highest BCUT2D eigenvalue weighted by Crippen LogP contribution is 2.46. The van der Waals surface area contributed by atoms with Gasteiger partial charge in [0.1, 0.15) is 0 Å². The van der Waals surface area contributed by atoms with Crippen molar-refractivity contribution in [1.29, 1.82) is 0 Å². The molecule has 0 radical (unpaired) electrons. The minimum absolute atomic E-state index is 0.379. The molecule has 6 nitrogen and oxygen atoms in total. The van der Waals surface area contributed by atoms with E-state index in [0.29, 0.717) is 28.7 Å². The topological polar surface area (TPSA) is 63.2 Å². The molecule has 1 unspecified atom stereocenters. The van der Waals surface area contributed by atoms with Crippen LogP contribution >= 0.6 is 0 Å². The molecule has 28 heavy (non-hydrogen) atoms. The Morgan fingerprint density at radius 1 is 1.07 bits per heavy atom. The van der Waals surface area contributed by atoms with Crippen molar-refractivity contribution < 1.29 is 28.5 Å². The van der Waals surface area contributed by atoms with Gasteiger partial charge < -0.3 is 19.1 Å². The van der Waals surface area contributed by atoms with E-state index < -0.39 is 14.3 Å². The van der Waals surface area contributed by atoms with E-state index in [-0.39, 0.29) is 0 Å². The van der Waals surface area contributed by atoms with Crippen LogP contribution in [0, 0.1) is 5.92 Å². The summed E-state index contributed by atoms with van der Waals surface area (Å²) in [5, 5.41) is 0. The second-order valence-corrected chi connectivity index (χ2v) is 13.9. The first-order chi connectivity index (χ1) is 13.0. The van der Waals surface area contributed by atoms with Crippen LogP contribution in [0.3, 0.4) is 0 Å². The lowest BCUT2D eigenvalue weighted by Gasteiger charge is -2.22. The third-order valence-corrected chi connectivity index (χ3v) is 5.67. The highest BCUT2D eigenvalue weighted by molar-refractivity contribution is 6.69. The summed E-state index contributed by atoms with van der Waals surface area (Å²) >= 11 is 0. The number of ether oxygens (including phenoxy) is 3. The first kappa shape index (κ1) is 24.3. The number of carbonyl (C=O) groups is 1. The third kappa shape index (κ3) is 6.99. The molecule has 0 N–H and O–H groups in total. The summed E-state index contributed by atoms with van der Waals surface area (Å²) in [4.78, 5) is 16.9. The monoisotopic (exact) mass is 426 g/mol. The van der Waals surface area contributed by atoms with Crippen LogP contribution in [0.4, 0.5) is 0 Å². The lowest BCUT2D eigenvalue weighted by molar-refractivity contribution is -0.213. The number of hydrogen-bond acceptors (Lipinski definition) is 6. The quantitative estimate of drug-likeness (QED) is 0.247. The molecule has 0 fully saturated rings. The van der Waals surface area contributed by atoms with Crippen LogP contribution in [-0.2, 0) is 14.3 Å². The predicted molar refractivity (Wildman–Crippen MR) is 118 cm³/mol. The summed E-state index contributed by atoms with van der Waals surface area (Å²) < 4.78 is 22.0. The molecule has 0 aliphatic heterocycles. The van der Waals surface area contributed by atoms with Gasteiger partial charge in [0.2, 0.25) is 14.1 Å². The van der Waals surface area contributed by atoms with Gasteiger partial charge in [0, 0.05) is 21.9 Å². The largest absolute Gasteiger partial charge is 0.492 e. The van der Waals surface area contributed by atoms with Gasteiger partial charge in [0.05, 0.1) is 21.3 Å². The van der Waals surface area contributed by atoms with Crippen LogP contribution in [0.5, 0.6) is 17.2 Å². The molecule has 0 aliphatic carbocycles. The lowest BCUT2D eigenvalue weighted by atomic mass is 9.97. The maximum Gasteiger partial charge on any atom is 0.364 e. The maximum atomic E-state index is 12.0. The SMILES string of the molecule is COc1c(C=CC(=O)OO[Si](C)(C)C)cc(C([SiH3])CC(C)C)c(OC)c1OC. The Bertz CT molecular complexity index is 695. The molecule has 0 bridgehead atoms. The minimum atomic E-state index is -1.95. The fourth-order valence-corrected chi connectivity index (χ4v) is 4.65. The summed E-state index contributed by atoms with van der Waals surface area (Å²) in [6.45, 7) is 10.2. The van der Waals surface area contributed by atoms with Crippen LogP contribution in [0.25, 0.3) is 6.08 Å². The van der Waals surface area contributed by atoms with Crippen LogP contribution in [0.2, 0.25) is 19.6 Å². The molecule has 1 rings (SSSR count). The number of methoxy groups -OCH3 is 3. The highest BCUT2D eigenvalue weighted by Gasteiger charge is 2.23. The molecular weight excluding hydrogens is 392 g/mol. The molecule has 0 aliphatic rings. The Kier molecular flexibility index (Phi) is 9.26. The zero-order valence-corrected chi connectivity index (χ0v) is 21.5. The fourth-order valence-electron chi connectivity index (χ4n) is 2.95. The van der Waals surface area contributed by atoms with Crippen molar-refractivity contribution in [2.24, 2.45) is 5.92 Å². The van der Waals surface area contributed by atoms with Crippen molar-refractivity contribution in [2.45, 2.75) is 45.5 Å². The maximum absolute atomic E-state index is 12.0. The molecule has 8 heteroatoms. The second kappa shape index (κ2) is 10.7. The van der Waals surface area contributed by atoms with Crippen molar-refractivity contribution in [1.82, 2.24) is 0 Å². The standard InChI is InChI=1S/C20H34O6Si2/c1-13(2)11-16(27)15-12-14(9-10-17(21)25-26-28(6,7)8)18(22-3)20(24-5)19(15)23-4/h9-10,12-13,16H,11H2,1-8,27H3. The smallest absolute Gasteiger partial charge is 0.364 e. The predicted octanol–water partition coefficient (Wildman–Crippen LogP) is 3.49. The molecule has 1 aromatic rings. The van der Waals surface area contributed by atoms with E-state index in [9.17, 15) is 4.79 Å². The van der Waals surface area contributed by atoms with Crippen LogP contribution in [-0.4, -0.2) is 45.9 Å². The first-order valence-electron chi connectivity index (χ1n) is 9.44. The number of benzene rings is 1. The van der Waals surface area contributed by atoms with Gasteiger partial charge in [-0.25, -0.2) is 9.37 Å². The summed E-state index contributed by atoms with van der Waals surface area (Å²) in [6.07, 6.45) is 4.04. The minimum Gasteiger partial charge on any atom is -0.492 e. The normalized spacial score (nSPS) is 13.0. The Labute approximate surface area is 172 Å². The van der Waals surface area contributed by atoms with E-state index in [2.05, 4.69) is 13.8 Å². The van der Waals surface area contributed by atoms with E-state index in [1.165, 1.54) is 6.08 Å². The molecule has 1 aromatic carbocycles. The van der Waals surface area contributed by atoms with Gasteiger partial charge >= 0.3 is 5.97 Å². The van der Waals surface area contributed by atoms with E-state index in [1.54, 1.807) is 27.4 Å².